The Morgan fingerprint density at radius 3 is 2.71 bits per heavy atom. The van der Waals surface area contributed by atoms with Crippen molar-refractivity contribution in [2.24, 2.45) is 0 Å². The van der Waals surface area contributed by atoms with E-state index in [2.05, 4.69) is 43.9 Å². The molecule has 0 aliphatic heterocycles. The number of ether oxygens (including phenoxy) is 2. The van der Waals surface area contributed by atoms with E-state index in [9.17, 15) is 0 Å². The number of aryl methyl sites for hydroxylation is 2. The van der Waals surface area contributed by atoms with E-state index in [1.165, 1.54) is 11.1 Å². The first kappa shape index (κ1) is 13.8. The van der Waals surface area contributed by atoms with Crippen LogP contribution in [0.5, 0.6) is 0 Å². The largest absolute Gasteiger partial charge is 0.353 e. The lowest BCUT2D eigenvalue weighted by atomic mass is 10.1. The quantitative estimate of drug-likeness (QED) is 0.587. The molecule has 0 aliphatic rings. The summed E-state index contributed by atoms with van der Waals surface area (Å²) in [6.07, 6.45) is -0.187. The van der Waals surface area contributed by atoms with Crippen LogP contribution in [0.4, 0.5) is 0 Å². The Hall–Kier alpha value is -1.30. The maximum absolute atomic E-state index is 5.38. The maximum atomic E-state index is 5.38. The second-order valence-electron chi connectivity index (χ2n) is 3.95. The van der Waals surface area contributed by atoms with Crippen LogP contribution in [-0.4, -0.2) is 19.5 Å². The van der Waals surface area contributed by atoms with Gasteiger partial charge in [0.2, 0.25) is 0 Å². The van der Waals surface area contributed by atoms with Crippen molar-refractivity contribution >= 4 is 0 Å². The summed E-state index contributed by atoms with van der Waals surface area (Å²) in [5.41, 5.74) is 3.49. The van der Waals surface area contributed by atoms with Gasteiger partial charge in [-0.3, -0.25) is 0 Å². The van der Waals surface area contributed by atoms with Crippen LogP contribution in [0.15, 0.2) is 18.2 Å². The van der Waals surface area contributed by atoms with E-state index >= 15 is 0 Å². The molecule has 0 fully saturated rings. The van der Waals surface area contributed by atoms with Crippen molar-refractivity contribution in [1.29, 1.82) is 0 Å². The van der Waals surface area contributed by atoms with Crippen LogP contribution in [0.3, 0.4) is 0 Å². The summed E-state index contributed by atoms with van der Waals surface area (Å²) in [4.78, 5) is 0. The van der Waals surface area contributed by atoms with Gasteiger partial charge in [0.25, 0.3) is 0 Å². The molecule has 0 aliphatic carbocycles. The molecule has 0 saturated heterocycles. The number of rotatable bonds is 4. The van der Waals surface area contributed by atoms with Gasteiger partial charge in [0.05, 0.1) is 0 Å². The molecule has 0 saturated carbocycles. The van der Waals surface area contributed by atoms with Crippen LogP contribution < -0.4 is 0 Å². The molecular formula is C15H20O2. The van der Waals surface area contributed by atoms with Gasteiger partial charge in [-0.25, -0.2) is 0 Å². The highest BCUT2D eigenvalue weighted by molar-refractivity contribution is 5.42. The molecule has 0 amide bonds. The number of hydrogen-bond acceptors (Lipinski definition) is 2. The normalized spacial score (nSPS) is 11.8. The van der Waals surface area contributed by atoms with Crippen molar-refractivity contribution < 1.29 is 9.47 Å². The van der Waals surface area contributed by atoms with Gasteiger partial charge in [-0.05, 0) is 44.9 Å². The van der Waals surface area contributed by atoms with Gasteiger partial charge in [-0.2, -0.15) is 0 Å². The fourth-order valence-corrected chi connectivity index (χ4v) is 1.44. The summed E-state index contributed by atoms with van der Waals surface area (Å²) in [7, 11) is 0. The summed E-state index contributed by atoms with van der Waals surface area (Å²) in [6.45, 7) is 9.01. The molecule has 1 unspecified atom stereocenters. The van der Waals surface area contributed by atoms with Gasteiger partial charge in [0, 0.05) is 12.2 Å². The predicted molar refractivity (Wildman–Crippen MR) is 69.8 cm³/mol. The summed E-state index contributed by atoms with van der Waals surface area (Å²) in [5.74, 6) is 6.13. The highest BCUT2D eigenvalue weighted by Crippen LogP contribution is 2.08. The molecule has 0 aromatic heterocycles. The Balaban J connectivity index is 2.51. The van der Waals surface area contributed by atoms with Gasteiger partial charge in [0.15, 0.2) is 6.29 Å². The molecule has 0 N–H and O–H groups in total. The molecule has 17 heavy (non-hydrogen) atoms. The van der Waals surface area contributed by atoms with E-state index in [1.54, 1.807) is 0 Å². The molecular weight excluding hydrogens is 212 g/mol. The fourth-order valence-electron chi connectivity index (χ4n) is 1.44. The van der Waals surface area contributed by atoms with Crippen LogP contribution in [-0.2, 0) is 9.47 Å². The Bertz CT molecular complexity index is 413. The first-order chi connectivity index (χ1) is 8.13. The lowest BCUT2D eigenvalue weighted by Crippen LogP contribution is -2.12. The molecule has 2 nitrogen and oxygen atoms in total. The molecule has 0 radical (unpaired) electrons. The molecule has 1 atom stereocenters. The molecule has 0 bridgehead atoms. The van der Waals surface area contributed by atoms with E-state index in [4.69, 9.17) is 9.47 Å². The van der Waals surface area contributed by atoms with Crippen molar-refractivity contribution in [2.75, 3.05) is 13.2 Å². The standard InChI is InChI=1S/C15H20O2/c1-5-16-14(4)17-10-6-7-15-11-12(2)8-9-13(15)3/h8-9,11,14H,5,10H2,1-4H3. The Morgan fingerprint density at radius 2 is 2.00 bits per heavy atom. The number of hydrogen-bond donors (Lipinski definition) is 0. The SMILES string of the molecule is CCOC(C)OCC#Cc1cc(C)ccc1C. The number of benzene rings is 1. The van der Waals surface area contributed by atoms with Crippen molar-refractivity contribution in [3.8, 4) is 11.8 Å². The van der Waals surface area contributed by atoms with E-state index in [0.717, 1.165) is 5.56 Å². The van der Waals surface area contributed by atoms with Crippen molar-refractivity contribution in [2.45, 2.75) is 34.0 Å². The molecule has 0 heterocycles. The zero-order chi connectivity index (χ0) is 12.7. The lowest BCUT2D eigenvalue weighted by Gasteiger charge is -2.09. The predicted octanol–water partition coefficient (Wildman–Crippen LogP) is 3.05. The highest BCUT2D eigenvalue weighted by atomic mass is 16.7. The Morgan fingerprint density at radius 1 is 1.24 bits per heavy atom. The van der Waals surface area contributed by atoms with Gasteiger partial charge in [-0.1, -0.05) is 24.0 Å². The molecule has 0 spiro atoms. The third kappa shape index (κ3) is 5.04. The molecule has 1 aromatic rings. The smallest absolute Gasteiger partial charge is 0.156 e. The van der Waals surface area contributed by atoms with Crippen LogP contribution >= 0.6 is 0 Å². The van der Waals surface area contributed by atoms with Crippen LogP contribution in [0, 0.1) is 25.7 Å². The van der Waals surface area contributed by atoms with E-state index < -0.39 is 0 Å². The van der Waals surface area contributed by atoms with E-state index in [-0.39, 0.29) is 6.29 Å². The summed E-state index contributed by atoms with van der Waals surface area (Å²) in [6, 6.07) is 6.27. The zero-order valence-electron chi connectivity index (χ0n) is 11.0. The van der Waals surface area contributed by atoms with Gasteiger partial charge < -0.3 is 9.47 Å². The molecule has 2 heteroatoms. The van der Waals surface area contributed by atoms with Gasteiger partial charge in [0.1, 0.15) is 6.61 Å². The topological polar surface area (TPSA) is 18.5 Å². The third-order valence-electron chi connectivity index (χ3n) is 2.41. The van der Waals surface area contributed by atoms with Crippen molar-refractivity contribution in [3.63, 3.8) is 0 Å². The minimum absolute atomic E-state index is 0.187. The minimum Gasteiger partial charge on any atom is -0.353 e. The summed E-state index contributed by atoms with van der Waals surface area (Å²) < 4.78 is 10.6. The molecule has 92 valence electrons. The molecule has 1 rings (SSSR count). The van der Waals surface area contributed by atoms with Crippen LogP contribution in [0.1, 0.15) is 30.5 Å². The van der Waals surface area contributed by atoms with Crippen molar-refractivity contribution in [3.05, 3.63) is 34.9 Å². The first-order valence-electron chi connectivity index (χ1n) is 5.92. The highest BCUT2D eigenvalue weighted by Gasteiger charge is 1.97. The minimum atomic E-state index is -0.187. The van der Waals surface area contributed by atoms with E-state index in [0.29, 0.717) is 13.2 Å². The lowest BCUT2D eigenvalue weighted by molar-refractivity contribution is -0.117. The summed E-state index contributed by atoms with van der Waals surface area (Å²) in [5, 5.41) is 0. The Labute approximate surface area is 104 Å². The fraction of sp³-hybridized carbons (Fsp3) is 0.467. The monoisotopic (exact) mass is 232 g/mol. The Kier molecular flexibility index (Phi) is 5.76. The zero-order valence-corrected chi connectivity index (χ0v) is 11.0. The van der Waals surface area contributed by atoms with Crippen LogP contribution in [0.2, 0.25) is 0 Å². The average molecular weight is 232 g/mol. The second-order valence-corrected chi connectivity index (χ2v) is 3.95. The van der Waals surface area contributed by atoms with Crippen molar-refractivity contribution in [1.82, 2.24) is 0 Å². The van der Waals surface area contributed by atoms with Crippen LogP contribution in [0.25, 0.3) is 0 Å². The summed E-state index contributed by atoms with van der Waals surface area (Å²) >= 11 is 0. The van der Waals surface area contributed by atoms with Gasteiger partial charge in [-0.15, -0.1) is 0 Å². The average Bonchev–Trinajstić information content (AvgIpc) is 2.29. The second kappa shape index (κ2) is 7.11. The first-order valence-corrected chi connectivity index (χ1v) is 5.92. The van der Waals surface area contributed by atoms with E-state index in [1.807, 2.05) is 13.8 Å². The molecule has 1 aromatic carbocycles. The third-order valence-corrected chi connectivity index (χ3v) is 2.41. The maximum Gasteiger partial charge on any atom is 0.156 e. The van der Waals surface area contributed by atoms with Gasteiger partial charge >= 0.3 is 0 Å².